The minimum atomic E-state index is -4.47. The number of hydrogen-bond donors (Lipinski definition) is 1. The van der Waals surface area contributed by atoms with Crippen molar-refractivity contribution in [2.75, 3.05) is 5.73 Å². The SMILES string of the molecule is Cc1ccc2c(c1)C(N(Cc1ccc(C(F)(F)F)cn1)C(=O)c1ccc3nc(N)c(C)cc3c1)CC2. The standard InChI is InChI=1S/C28H25F3N4O/c1-16-3-4-18-6-10-25(23(18)11-16)35(15-22-8-7-21(14-33-22)28(29,30)31)27(36)19-5-9-24-20(13-19)12-17(2)26(32)34-24/h3-5,7-9,11-14,25H,6,10,15H2,1-2H3,(H2,32,34). The van der Waals surface area contributed by atoms with Crippen LogP contribution in [0.5, 0.6) is 0 Å². The summed E-state index contributed by atoms with van der Waals surface area (Å²) in [5.74, 6) is 0.224. The van der Waals surface area contributed by atoms with Crippen molar-refractivity contribution in [1.29, 1.82) is 0 Å². The van der Waals surface area contributed by atoms with Crippen molar-refractivity contribution >= 4 is 22.6 Å². The summed E-state index contributed by atoms with van der Waals surface area (Å²) in [6.07, 6.45) is -2.09. The molecule has 0 radical (unpaired) electrons. The Bertz CT molecular complexity index is 1460. The Hall–Kier alpha value is -3.94. The largest absolute Gasteiger partial charge is 0.417 e. The lowest BCUT2D eigenvalue weighted by molar-refractivity contribution is -0.137. The van der Waals surface area contributed by atoms with Crippen molar-refractivity contribution in [3.8, 4) is 0 Å². The molecule has 5 nitrogen and oxygen atoms in total. The maximum Gasteiger partial charge on any atom is 0.417 e. The molecule has 4 aromatic rings. The average molecular weight is 491 g/mol. The second kappa shape index (κ2) is 8.93. The van der Waals surface area contributed by atoms with Crippen molar-refractivity contribution < 1.29 is 18.0 Å². The third kappa shape index (κ3) is 4.51. The number of hydrogen-bond acceptors (Lipinski definition) is 4. The van der Waals surface area contributed by atoms with Crippen LogP contribution in [0.2, 0.25) is 0 Å². The molecule has 0 saturated heterocycles. The number of halogens is 3. The second-order valence-corrected chi connectivity index (χ2v) is 9.32. The number of pyridine rings is 2. The van der Waals surface area contributed by atoms with Gasteiger partial charge in [0.1, 0.15) is 5.82 Å². The Morgan fingerprint density at radius 1 is 1.08 bits per heavy atom. The van der Waals surface area contributed by atoms with Crippen LogP contribution in [0.15, 0.2) is 60.8 Å². The van der Waals surface area contributed by atoms with Crippen molar-refractivity contribution in [3.05, 3.63) is 99.9 Å². The molecule has 0 aliphatic heterocycles. The molecule has 2 N–H and O–H groups in total. The number of carbonyl (C=O) groups excluding carboxylic acids is 1. The van der Waals surface area contributed by atoms with Gasteiger partial charge in [0.25, 0.3) is 5.91 Å². The van der Waals surface area contributed by atoms with E-state index in [2.05, 4.69) is 28.2 Å². The van der Waals surface area contributed by atoms with Gasteiger partial charge in [0.15, 0.2) is 0 Å². The summed E-state index contributed by atoms with van der Waals surface area (Å²) in [6, 6.07) is 15.5. The van der Waals surface area contributed by atoms with E-state index in [0.717, 1.165) is 47.2 Å². The molecule has 1 amide bonds. The third-order valence-corrected chi connectivity index (χ3v) is 6.76. The fourth-order valence-electron chi connectivity index (χ4n) is 4.80. The van der Waals surface area contributed by atoms with Crippen LogP contribution in [0.1, 0.15) is 56.3 Å². The lowest BCUT2D eigenvalue weighted by Gasteiger charge is -2.30. The molecule has 0 saturated carbocycles. The van der Waals surface area contributed by atoms with E-state index in [1.807, 2.05) is 19.9 Å². The van der Waals surface area contributed by atoms with Crippen LogP contribution in [0.3, 0.4) is 0 Å². The Balaban J connectivity index is 1.54. The highest BCUT2D eigenvalue weighted by atomic mass is 19.4. The number of rotatable bonds is 4. The van der Waals surface area contributed by atoms with E-state index in [1.54, 1.807) is 23.1 Å². The molecule has 1 aliphatic carbocycles. The van der Waals surface area contributed by atoms with Gasteiger partial charge in [0.2, 0.25) is 0 Å². The predicted octanol–water partition coefficient (Wildman–Crippen LogP) is 6.18. The van der Waals surface area contributed by atoms with Gasteiger partial charge >= 0.3 is 6.18 Å². The van der Waals surface area contributed by atoms with Gasteiger partial charge < -0.3 is 10.6 Å². The zero-order valence-electron chi connectivity index (χ0n) is 19.9. The molecule has 5 rings (SSSR count). The van der Waals surface area contributed by atoms with Gasteiger partial charge in [-0.3, -0.25) is 9.78 Å². The lowest BCUT2D eigenvalue weighted by Crippen LogP contribution is -2.34. The summed E-state index contributed by atoms with van der Waals surface area (Å²) in [4.78, 5) is 24.1. The molecule has 184 valence electrons. The summed E-state index contributed by atoms with van der Waals surface area (Å²) in [6.45, 7) is 3.95. The summed E-state index contributed by atoms with van der Waals surface area (Å²) in [5, 5.41) is 0.794. The minimum absolute atomic E-state index is 0.0894. The van der Waals surface area contributed by atoms with Crippen LogP contribution in [0.4, 0.5) is 19.0 Å². The molecule has 1 atom stereocenters. The smallest absolute Gasteiger partial charge is 0.383 e. The van der Waals surface area contributed by atoms with Crippen molar-refractivity contribution in [3.63, 3.8) is 0 Å². The maximum absolute atomic E-state index is 13.9. The van der Waals surface area contributed by atoms with Crippen LogP contribution in [-0.2, 0) is 19.1 Å². The van der Waals surface area contributed by atoms with Gasteiger partial charge in [0.05, 0.1) is 29.4 Å². The molecule has 36 heavy (non-hydrogen) atoms. The van der Waals surface area contributed by atoms with Gasteiger partial charge in [-0.2, -0.15) is 13.2 Å². The Kier molecular flexibility index (Phi) is 5.90. The first-order valence-corrected chi connectivity index (χ1v) is 11.7. The van der Waals surface area contributed by atoms with E-state index < -0.39 is 11.7 Å². The van der Waals surface area contributed by atoms with Crippen molar-refractivity contribution in [1.82, 2.24) is 14.9 Å². The van der Waals surface area contributed by atoms with E-state index in [-0.39, 0.29) is 18.5 Å². The highest BCUT2D eigenvalue weighted by Crippen LogP contribution is 2.38. The molecule has 1 unspecified atom stereocenters. The van der Waals surface area contributed by atoms with E-state index in [9.17, 15) is 18.0 Å². The van der Waals surface area contributed by atoms with Gasteiger partial charge in [-0.15, -0.1) is 0 Å². The quantitative estimate of drug-likeness (QED) is 0.371. The molecule has 8 heteroatoms. The molecule has 0 fully saturated rings. The molecule has 2 aromatic heterocycles. The number of amides is 1. The lowest BCUT2D eigenvalue weighted by atomic mass is 10.0. The monoisotopic (exact) mass is 490 g/mol. The van der Waals surface area contributed by atoms with Gasteiger partial charge in [-0.1, -0.05) is 23.8 Å². The molecule has 0 bridgehead atoms. The van der Waals surface area contributed by atoms with E-state index in [1.165, 1.54) is 11.6 Å². The maximum atomic E-state index is 13.9. The average Bonchev–Trinajstić information content (AvgIpc) is 3.25. The number of aryl methyl sites for hydroxylation is 3. The minimum Gasteiger partial charge on any atom is -0.383 e. The predicted molar refractivity (Wildman–Crippen MR) is 132 cm³/mol. The number of fused-ring (bicyclic) bond motifs is 2. The summed E-state index contributed by atoms with van der Waals surface area (Å²) < 4.78 is 39.1. The third-order valence-electron chi connectivity index (χ3n) is 6.76. The van der Waals surface area contributed by atoms with Crippen LogP contribution in [-0.4, -0.2) is 20.8 Å². The van der Waals surface area contributed by atoms with Crippen LogP contribution in [0.25, 0.3) is 10.9 Å². The zero-order chi connectivity index (χ0) is 25.6. The summed E-state index contributed by atoms with van der Waals surface area (Å²) >= 11 is 0. The van der Waals surface area contributed by atoms with Gasteiger partial charge in [-0.05, 0) is 79.8 Å². The fourth-order valence-corrected chi connectivity index (χ4v) is 4.80. The van der Waals surface area contributed by atoms with Crippen LogP contribution >= 0.6 is 0 Å². The van der Waals surface area contributed by atoms with Crippen LogP contribution in [0, 0.1) is 13.8 Å². The summed E-state index contributed by atoms with van der Waals surface area (Å²) in [7, 11) is 0. The first-order valence-electron chi connectivity index (χ1n) is 11.7. The number of anilines is 1. The highest BCUT2D eigenvalue weighted by molar-refractivity contribution is 5.98. The van der Waals surface area contributed by atoms with Gasteiger partial charge in [-0.25, -0.2) is 4.98 Å². The number of alkyl halides is 3. The Morgan fingerprint density at radius 2 is 1.89 bits per heavy atom. The Morgan fingerprint density at radius 3 is 2.61 bits per heavy atom. The molecule has 2 heterocycles. The fraction of sp³-hybridized carbons (Fsp3) is 0.250. The molecule has 0 spiro atoms. The number of nitrogen functional groups attached to an aromatic ring is 1. The van der Waals surface area contributed by atoms with Crippen molar-refractivity contribution in [2.45, 2.75) is 45.5 Å². The van der Waals surface area contributed by atoms with Crippen LogP contribution < -0.4 is 5.73 Å². The number of nitrogens with zero attached hydrogens (tertiary/aromatic N) is 3. The first kappa shape index (κ1) is 23.8. The molecule has 2 aromatic carbocycles. The zero-order valence-corrected chi connectivity index (χ0v) is 19.9. The number of nitrogens with two attached hydrogens (primary N) is 1. The highest BCUT2D eigenvalue weighted by Gasteiger charge is 2.33. The molecular weight excluding hydrogens is 465 g/mol. The van der Waals surface area contributed by atoms with Crippen molar-refractivity contribution in [2.24, 2.45) is 0 Å². The summed E-state index contributed by atoms with van der Waals surface area (Å²) in [5.41, 5.74) is 10.8. The van der Waals surface area contributed by atoms with E-state index in [0.29, 0.717) is 22.6 Å². The topological polar surface area (TPSA) is 72.1 Å². The number of carbonyl (C=O) groups is 1. The van der Waals surface area contributed by atoms with E-state index in [4.69, 9.17) is 5.73 Å². The first-order chi connectivity index (χ1) is 17.1. The number of benzene rings is 2. The Labute approximate surface area is 206 Å². The number of aromatic nitrogens is 2. The molecule has 1 aliphatic rings. The molecular formula is C28H25F3N4O. The normalized spacial score (nSPS) is 15.2. The second-order valence-electron chi connectivity index (χ2n) is 9.32. The van der Waals surface area contributed by atoms with E-state index >= 15 is 0 Å². The van der Waals surface area contributed by atoms with Gasteiger partial charge in [0, 0.05) is 17.1 Å².